The minimum atomic E-state index is -0.622. The van der Waals surface area contributed by atoms with Crippen LogP contribution in [0.4, 0.5) is 0 Å². The lowest BCUT2D eigenvalue weighted by molar-refractivity contribution is -0.191. The highest BCUT2D eigenvalue weighted by atomic mass is 16.6. The lowest BCUT2D eigenvalue weighted by Gasteiger charge is -2.12. The zero-order valence-electron chi connectivity index (χ0n) is 11.5. The summed E-state index contributed by atoms with van der Waals surface area (Å²) in [7, 11) is 0. The van der Waals surface area contributed by atoms with E-state index in [1.165, 1.54) is 39.0 Å². The maximum absolute atomic E-state index is 11.0. The monoisotopic (exact) mass is 296 g/mol. The molecule has 1 aromatic rings. The fourth-order valence-electron chi connectivity index (χ4n) is 1.21. The van der Waals surface area contributed by atoms with Gasteiger partial charge >= 0.3 is 24.1 Å². The Kier molecular flexibility index (Phi) is 7.72. The third kappa shape index (κ3) is 7.24. The SMILES string of the molecule is CC(=O)Oc1cccc(OC(C)=O)c1OC(C)=O.O=C=O. The number of rotatable bonds is 3. The molecule has 0 saturated carbocycles. The Bertz CT molecular complexity index is 535. The van der Waals surface area contributed by atoms with E-state index in [1.807, 2.05) is 0 Å². The van der Waals surface area contributed by atoms with Gasteiger partial charge in [-0.05, 0) is 12.1 Å². The fraction of sp³-hybridized carbons (Fsp3) is 0.231. The van der Waals surface area contributed by atoms with Crippen LogP contribution in [0.5, 0.6) is 17.2 Å². The van der Waals surface area contributed by atoms with E-state index in [4.69, 9.17) is 23.8 Å². The molecule has 8 heteroatoms. The van der Waals surface area contributed by atoms with Crippen molar-refractivity contribution < 1.29 is 38.2 Å². The van der Waals surface area contributed by atoms with Gasteiger partial charge in [0.05, 0.1) is 0 Å². The van der Waals surface area contributed by atoms with Crippen LogP contribution in [0, 0.1) is 0 Å². The third-order valence-corrected chi connectivity index (χ3v) is 1.70. The Morgan fingerprint density at radius 2 is 1.14 bits per heavy atom. The van der Waals surface area contributed by atoms with E-state index in [9.17, 15) is 14.4 Å². The minimum absolute atomic E-state index is 0.0106. The number of carbonyl (C=O) groups excluding carboxylic acids is 5. The van der Waals surface area contributed by atoms with Crippen LogP contribution >= 0.6 is 0 Å². The average molecular weight is 296 g/mol. The maximum Gasteiger partial charge on any atom is 0.373 e. The number of hydrogen-bond acceptors (Lipinski definition) is 8. The van der Waals surface area contributed by atoms with E-state index in [0.717, 1.165) is 0 Å². The van der Waals surface area contributed by atoms with Crippen molar-refractivity contribution in [1.29, 1.82) is 0 Å². The molecule has 0 heterocycles. The Labute approximate surface area is 119 Å². The molecule has 8 nitrogen and oxygen atoms in total. The van der Waals surface area contributed by atoms with Crippen LogP contribution in [0.2, 0.25) is 0 Å². The van der Waals surface area contributed by atoms with E-state index >= 15 is 0 Å². The molecule has 0 aliphatic heterocycles. The second-order valence-electron chi connectivity index (χ2n) is 3.45. The van der Waals surface area contributed by atoms with Gasteiger partial charge in [-0.15, -0.1) is 0 Å². The van der Waals surface area contributed by atoms with Crippen molar-refractivity contribution in [2.24, 2.45) is 0 Å². The molecule has 0 unspecified atom stereocenters. The van der Waals surface area contributed by atoms with E-state index in [0.29, 0.717) is 0 Å². The molecule has 0 N–H and O–H groups in total. The third-order valence-electron chi connectivity index (χ3n) is 1.70. The average Bonchev–Trinajstić information content (AvgIpc) is 2.32. The van der Waals surface area contributed by atoms with Crippen molar-refractivity contribution in [3.63, 3.8) is 0 Å². The van der Waals surface area contributed by atoms with Gasteiger partial charge in [-0.1, -0.05) is 6.07 Å². The van der Waals surface area contributed by atoms with E-state index in [2.05, 4.69) is 0 Å². The van der Waals surface area contributed by atoms with Gasteiger partial charge < -0.3 is 14.2 Å². The summed E-state index contributed by atoms with van der Waals surface area (Å²) < 4.78 is 14.6. The number of esters is 3. The van der Waals surface area contributed by atoms with E-state index in [-0.39, 0.29) is 23.4 Å². The summed E-state index contributed by atoms with van der Waals surface area (Å²) in [6.07, 6.45) is 0.250. The van der Waals surface area contributed by atoms with E-state index < -0.39 is 17.9 Å². The van der Waals surface area contributed by atoms with Crippen molar-refractivity contribution >= 4 is 24.1 Å². The smallest absolute Gasteiger partial charge is 0.373 e. The first-order valence-electron chi connectivity index (χ1n) is 5.49. The standard InChI is InChI=1S/C12H12O6.CO2/c1-7(13)16-10-5-4-6-11(17-8(2)14)12(10)18-9(3)15;2-1-3/h4-6H,1-3H3;. The number of benzene rings is 1. The second-order valence-corrected chi connectivity index (χ2v) is 3.45. The molecule has 1 aromatic carbocycles. The largest absolute Gasteiger partial charge is 0.423 e. The molecule has 0 bridgehead atoms. The Balaban J connectivity index is 0.00000122. The van der Waals surface area contributed by atoms with Crippen molar-refractivity contribution in [2.75, 3.05) is 0 Å². The van der Waals surface area contributed by atoms with Gasteiger partial charge in [-0.3, -0.25) is 14.4 Å². The first kappa shape index (κ1) is 18.0. The molecule has 0 atom stereocenters. The number of hydrogen-bond donors (Lipinski definition) is 0. The van der Waals surface area contributed by atoms with Gasteiger partial charge in [0.2, 0.25) is 5.75 Å². The van der Waals surface area contributed by atoms with Gasteiger partial charge in [0, 0.05) is 20.8 Å². The van der Waals surface area contributed by atoms with Crippen molar-refractivity contribution in [3.8, 4) is 17.2 Å². The lowest BCUT2D eigenvalue weighted by atomic mass is 10.3. The van der Waals surface area contributed by atoms with E-state index in [1.54, 1.807) is 0 Å². The Morgan fingerprint density at radius 3 is 1.43 bits per heavy atom. The van der Waals surface area contributed by atoms with Crippen molar-refractivity contribution in [2.45, 2.75) is 20.8 Å². The number of carbonyl (C=O) groups is 3. The molecule has 0 saturated heterocycles. The van der Waals surface area contributed by atoms with Crippen LogP contribution in [0.25, 0.3) is 0 Å². The van der Waals surface area contributed by atoms with Gasteiger partial charge in [-0.25, -0.2) is 0 Å². The normalized spacial score (nSPS) is 8.52. The van der Waals surface area contributed by atoms with Gasteiger partial charge in [0.25, 0.3) is 0 Å². The van der Waals surface area contributed by atoms with Crippen LogP contribution in [-0.2, 0) is 24.0 Å². The summed E-state index contributed by atoms with van der Waals surface area (Å²) in [6.45, 7) is 3.59. The van der Waals surface area contributed by atoms with Crippen molar-refractivity contribution in [1.82, 2.24) is 0 Å². The molecule has 0 aliphatic rings. The zero-order valence-corrected chi connectivity index (χ0v) is 11.5. The Hall–Kier alpha value is -2.99. The topological polar surface area (TPSA) is 113 Å². The first-order valence-corrected chi connectivity index (χ1v) is 5.49. The zero-order chi connectivity index (χ0) is 16.4. The highest BCUT2D eigenvalue weighted by Crippen LogP contribution is 2.37. The first-order chi connectivity index (χ1) is 9.81. The predicted molar refractivity (Wildman–Crippen MR) is 65.4 cm³/mol. The highest BCUT2D eigenvalue weighted by Gasteiger charge is 2.17. The lowest BCUT2D eigenvalue weighted by Crippen LogP contribution is -2.10. The molecule has 1 rings (SSSR count). The maximum atomic E-state index is 11.0. The molecule has 0 radical (unpaired) electrons. The molecule has 0 amide bonds. The van der Waals surface area contributed by atoms with Crippen molar-refractivity contribution in [3.05, 3.63) is 18.2 Å². The number of para-hydroxylation sites is 1. The molecule has 0 fully saturated rings. The minimum Gasteiger partial charge on any atom is -0.423 e. The quantitative estimate of drug-likeness (QED) is 0.596. The molecular formula is C13H12O8. The summed E-state index contributed by atoms with van der Waals surface area (Å²) in [5.41, 5.74) is 0. The summed E-state index contributed by atoms with van der Waals surface area (Å²) in [5.74, 6) is -1.86. The van der Waals surface area contributed by atoms with Crippen LogP contribution in [-0.4, -0.2) is 24.1 Å². The van der Waals surface area contributed by atoms with Crippen LogP contribution in [0.1, 0.15) is 20.8 Å². The van der Waals surface area contributed by atoms with Gasteiger partial charge in [0.1, 0.15) is 0 Å². The fourth-order valence-corrected chi connectivity index (χ4v) is 1.21. The van der Waals surface area contributed by atoms with Crippen LogP contribution in [0.15, 0.2) is 18.2 Å². The molecule has 0 aromatic heterocycles. The number of ether oxygens (including phenoxy) is 3. The van der Waals surface area contributed by atoms with Crippen LogP contribution in [0.3, 0.4) is 0 Å². The predicted octanol–water partition coefficient (Wildman–Crippen LogP) is 0.879. The molecule has 0 spiro atoms. The second kappa shape index (κ2) is 9.00. The molecule has 21 heavy (non-hydrogen) atoms. The summed E-state index contributed by atoms with van der Waals surface area (Å²) in [5, 5.41) is 0. The highest BCUT2D eigenvalue weighted by molar-refractivity contribution is 5.77. The summed E-state index contributed by atoms with van der Waals surface area (Å²) >= 11 is 0. The Morgan fingerprint density at radius 1 is 0.810 bits per heavy atom. The van der Waals surface area contributed by atoms with Crippen LogP contribution < -0.4 is 14.2 Å². The van der Waals surface area contributed by atoms with Gasteiger partial charge in [0.15, 0.2) is 11.5 Å². The molecule has 112 valence electrons. The molecular weight excluding hydrogens is 284 g/mol. The van der Waals surface area contributed by atoms with Gasteiger partial charge in [-0.2, -0.15) is 9.59 Å². The summed E-state index contributed by atoms with van der Waals surface area (Å²) in [4.78, 5) is 49.1. The molecule has 0 aliphatic carbocycles. The summed E-state index contributed by atoms with van der Waals surface area (Å²) in [6, 6.07) is 4.35.